The van der Waals surface area contributed by atoms with Crippen molar-refractivity contribution < 1.29 is 19.2 Å². The predicted molar refractivity (Wildman–Crippen MR) is 63.4 cm³/mol. The van der Waals surface area contributed by atoms with Gasteiger partial charge >= 0.3 is 5.97 Å². The van der Waals surface area contributed by atoms with E-state index in [0.717, 1.165) is 5.76 Å². The molecule has 94 valence electrons. The number of aryl methyl sites for hydroxylation is 1. The zero-order chi connectivity index (χ0) is 13.0. The lowest BCUT2D eigenvalue weighted by Crippen LogP contribution is -2.01. The molecular weight excluding hydrogens is 234 g/mol. The van der Waals surface area contributed by atoms with E-state index in [4.69, 9.17) is 14.4 Å². The first-order valence-electron chi connectivity index (χ1n) is 5.49. The van der Waals surface area contributed by atoms with Crippen LogP contribution in [0, 0.1) is 6.92 Å². The summed E-state index contributed by atoms with van der Waals surface area (Å²) in [5.74, 6) is 0.488. The lowest BCUT2D eigenvalue weighted by atomic mass is 10.1. The van der Waals surface area contributed by atoms with Crippen LogP contribution in [-0.2, 0) is 17.8 Å². The van der Waals surface area contributed by atoms with Crippen LogP contribution in [0.15, 0.2) is 34.9 Å². The molecule has 1 aromatic carbocycles. The van der Waals surface area contributed by atoms with Crippen LogP contribution in [0.5, 0.6) is 5.75 Å². The summed E-state index contributed by atoms with van der Waals surface area (Å²) in [6.45, 7) is 2.11. The van der Waals surface area contributed by atoms with Gasteiger partial charge in [-0.25, -0.2) is 0 Å². The van der Waals surface area contributed by atoms with Crippen molar-refractivity contribution in [3.63, 3.8) is 0 Å². The van der Waals surface area contributed by atoms with Crippen molar-refractivity contribution in [2.45, 2.75) is 20.0 Å². The van der Waals surface area contributed by atoms with E-state index in [-0.39, 0.29) is 6.42 Å². The van der Waals surface area contributed by atoms with E-state index in [1.54, 1.807) is 30.3 Å². The van der Waals surface area contributed by atoms with Gasteiger partial charge in [0.05, 0.1) is 6.42 Å². The molecule has 0 saturated carbocycles. The minimum absolute atomic E-state index is 0.0136. The first-order chi connectivity index (χ1) is 8.63. The van der Waals surface area contributed by atoms with Gasteiger partial charge in [-0.3, -0.25) is 4.79 Å². The molecule has 0 aliphatic heterocycles. The Morgan fingerprint density at radius 3 is 2.94 bits per heavy atom. The fraction of sp³-hybridized carbons (Fsp3) is 0.231. The van der Waals surface area contributed by atoms with Gasteiger partial charge in [-0.15, -0.1) is 0 Å². The average molecular weight is 247 g/mol. The lowest BCUT2D eigenvalue weighted by Gasteiger charge is -2.05. The fourth-order valence-corrected chi connectivity index (χ4v) is 1.56. The van der Waals surface area contributed by atoms with Crippen molar-refractivity contribution in [3.8, 4) is 5.75 Å². The van der Waals surface area contributed by atoms with E-state index in [1.807, 2.05) is 6.92 Å². The quantitative estimate of drug-likeness (QED) is 0.876. The highest BCUT2D eigenvalue weighted by molar-refractivity contribution is 5.70. The monoisotopic (exact) mass is 247 g/mol. The molecule has 1 aromatic heterocycles. The van der Waals surface area contributed by atoms with Crippen molar-refractivity contribution in [1.82, 2.24) is 5.16 Å². The first-order valence-corrected chi connectivity index (χ1v) is 5.49. The number of hydrogen-bond donors (Lipinski definition) is 1. The van der Waals surface area contributed by atoms with E-state index in [2.05, 4.69) is 5.16 Å². The number of nitrogens with zero attached hydrogens (tertiary/aromatic N) is 1. The molecule has 0 atom stereocenters. The van der Waals surface area contributed by atoms with Gasteiger partial charge in [0.2, 0.25) is 0 Å². The summed E-state index contributed by atoms with van der Waals surface area (Å²) in [4.78, 5) is 10.6. The molecule has 0 saturated heterocycles. The minimum Gasteiger partial charge on any atom is -0.487 e. The topological polar surface area (TPSA) is 72.6 Å². The molecule has 18 heavy (non-hydrogen) atoms. The molecule has 2 aromatic rings. The number of aromatic nitrogens is 1. The maximum atomic E-state index is 10.6. The molecule has 0 radical (unpaired) electrons. The molecular formula is C13H13NO4. The zero-order valence-electron chi connectivity index (χ0n) is 9.92. The second-order valence-electron chi connectivity index (χ2n) is 3.94. The molecule has 0 aliphatic rings. The summed E-state index contributed by atoms with van der Waals surface area (Å²) in [5, 5.41) is 12.5. The van der Waals surface area contributed by atoms with E-state index >= 15 is 0 Å². The maximum absolute atomic E-state index is 10.6. The highest BCUT2D eigenvalue weighted by Crippen LogP contribution is 2.15. The zero-order valence-corrected chi connectivity index (χ0v) is 9.92. The summed E-state index contributed by atoms with van der Waals surface area (Å²) in [6.07, 6.45) is -0.0136. The SMILES string of the molecule is Cc1cc(COc2cccc(CC(=O)O)c2)no1. The molecule has 0 amide bonds. The second-order valence-corrected chi connectivity index (χ2v) is 3.94. The van der Waals surface area contributed by atoms with Gasteiger partial charge < -0.3 is 14.4 Å². The normalized spacial score (nSPS) is 10.3. The number of aliphatic carboxylic acids is 1. The van der Waals surface area contributed by atoms with Gasteiger partial charge in [0.25, 0.3) is 0 Å². The standard InChI is InChI=1S/C13H13NO4/c1-9-5-11(14-18-9)8-17-12-4-2-3-10(6-12)7-13(15)16/h2-6H,7-8H2,1H3,(H,15,16). The third-order valence-corrected chi connectivity index (χ3v) is 2.32. The van der Waals surface area contributed by atoms with E-state index < -0.39 is 5.97 Å². The largest absolute Gasteiger partial charge is 0.487 e. The van der Waals surface area contributed by atoms with Gasteiger partial charge in [0, 0.05) is 6.07 Å². The molecule has 0 spiro atoms. The minimum atomic E-state index is -0.862. The Balaban J connectivity index is 1.98. The number of benzene rings is 1. The van der Waals surface area contributed by atoms with Crippen molar-refractivity contribution in [2.75, 3.05) is 0 Å². The molecule has 0 bridgehead atoms. The second kappa shape index (κ2) is 5.35. The summed E-state index contributed by atoms with van der Waals surface area (Å²) in [6, 6.07) is 8.79. The Morgan fingerprint density at radius 2 is 2.28 bits per heavy atom. The van der Waals surface area contributed by atoms with E-state index in [9.17, 15) is 4.79 Å². The Morgan fingerprint density at radius 1 is 1.44 bits per heavy atom. The third-order valence-electron chi connectivity index (χ3n) is 2.32. The van der Waals surface area contributed by atoms with Crippen LogP contribution in [0.1, 0.15) is 17.0 Å². The number of rotatable bonds is 5. The van der Waals surface area contributed by atoms with Gasteiger partial charge in [-0.2, -0.15) is 0 Å². The smallest absolute Gasteiger partial charge is 0.307 e. The van der Waals surface area contributed by atoms with Crippen LogP contribution in [0.25, 0.3) is 0 Å². The van der Waals surface area contributed by atoms with Crippen molar-refractivity contribution in [1.29, 1.82) is 0 Å². The van der Waals surface area contributed by atoms with Crippen LogP contribution in [0.3, 0.4) is 0 Å². The predicted octanol–water partition coefficient (Wildman–Crippen LogP) is 2.19. The highest BCUT2D eigenvalue weighted by atomic mass is 16.5. The Labute approximate surface area is 104 Å². The summed E-state index contributed by atoms with van der Waals surface area (Å²) in [7, 11) is 0. The number of carboxylic acid groups (broad SMARTS) is 1. The fourth-order valence-electron chi connectivity index (χ4n) is 1.56. The van der Waals surface area contributed by atoms with Gasteiger partial charge in [0.15, 0.2) is 0 Å². The van der Waals surface area contributed by atoms with Crippen LogP contribution in [0.2, 0.25) is 0 Å². The number of carbonyl (C=O) groups is 1. The molecule has 1 N–H and O–H groups in total. The highest BCUT2D eigenvalue weighted by Gasteiger charge is 2.04. The molecule has 1 heterocycles. The van der Waals surface area contributed by atoms with Gasteiger partial charge in [0.1, 0.15) is 23.8 Å². The first kappa shape index (κ1) is 12.2. The Hall–Kier alpha value is -2.30. The molecule has 0 unspecified atom stereocenters. The maximum Gasteiger partial charge on any atom is 0.307 e. The molecule has 0 fully saturated rings. The lowest BCUT2D eigenvalue weighted by molar-refractivity contribution is -0.136. The van der Waals surface area contributed by atoms with Crippen molar-refractivity contribution in [2.24, 2.45) is 0 Å². The van der Waals surface area contributed by atoms with Crippen molar-refractivity contribution >= 4 is 5.97 Å². The summed E-state index contributed by atoms with van der Waals surface area (Å²) in [5.41, 5.74) is 1.41. The molecule has 0 aliphatic carbocycles. The van der Waals surface area contributed by atoms with Gasteiger partial charge in [-0.1, -0.05) is 17.3 Å². The number of ether oxygens (including phenoxy) is 1. The third kappa shape index (κ3) is 3.35. The Kier molecular flexibility index (Phi) is 3.62. The number of hydrogen-bond acceptors (Lipinski definition) is 4. The van der Waals surface area contributed by atoms with Gasteiger partial charge in [-0.05, 0) is 24.6 Å². The van der Waals surface area contributed by atoms with E-state index in [0.29, 0.717) is 23.6 Å². The average Bonchev–Trinajstić information content (AvgIpc) is 2.72. The van der Waals surface area contributed by atoms with Crippen LogP contribution in [-0.4, -0.2) is 16.2 Å². The molecule has 2 rings (SSSR count). The van der Waals surface area contributed by atoms with Crippen LogP contribution >= 0.6 is 0 Å². The summed E-state index contributed by atoms with van der Waals surface area (Å²) < 4.78 is 10.4. The molecule has 5 heteroatoms. The molecule has 5 nitrogen and oxygen atoms in total. The van der Waals surface area contributed by atoms with E-state index in [1.165, 1.54) is 0 Å². The van der Waals surface area contributed by atoms with Crippen molar-refractivity contribution in [3.05, 3.63) is 47.3 Å². The number of carboxylic acids is 1. The van der Waals surface area contributed by atoms with Crippen LogP contribution in [0.4, 0.5) is 0 Å². The Bertz CT molecular complexity index is 547. The van der Waals surface area contributed by atoms with Crippen LogP contribution < -0.4 is 4.74 Å². The summed E-state index contributed by atoms with van der Waals surface area (Å²) >= 11 is 0.